The number of carbonyl (C=O) groups is 2. The molecule has 0 amide bonds. The zero-order chi connectivity index (χ0) is 17.5. The molecule has 7 nitrogen and oxygen atoms in total. The Balaban J connectivity index is 1.79. The molecule has 0 radical (unpaired) electrons. The van der Waals surface area contributed by atoms with Crippen molar-refractivity contribution in [1.82, 2.24) is 0 Å². The van der Waals surface area contributed by atoms with Gasteiger partial charge < -0.3 is 24.8 Å². The first-order valence-corrected chi connectivity index (χ1v) is 7.81. The smallest absolute Gasteiger partial charge is 0.207 e. The maximum atomic E-state index is 12.9. The molecule has 25 heavy (non-hydrogen) atoms. The summed E-state index contributed by atoms with van der Waals surface area (Å²) >= 11 is 0. The second-order valence-electron chi connectivity index (χ2n) is 6.36. The lowest BCUT2D eigenvalue weighted by atomic mass is 9.80. The molecular formula is C18H12O7. The Labute approximate surface area is 141 Å². The van der Waals surface area contributed by atoms with E-state index in [0.717, 1.165) is 12.1 Å². The summed E-state index contributed by atoms with van der Waals surface area (Å²) in [6.45, 7) is 0.487. The number of aromatic hydroxyl groups is 3. The van der Waals surface area contributed by atoms with Gasteiger partial charge in [-0.25, -0.2) is 0 Å². The second-order valence-corrected chi connectivity index (χ2v) is 6.36. The zero-order valence-corrected chi connectivity index (χ0v) is 12.8. The minimum absolute atomic E-state index is 0.0151. The lowest BCUT2D eigenvalue weighted by Gasteiger charge is -2.21. The maximum Gasteiger partial charge on any atom is 0.207 e. The molecule has 3 aliphatic rings. The van der Waals surface area contributed by atoms with Crippen LogP contribution in [-0.2, 0) is 4.74 Å². The summed E-state index contributed by atoms with van der Waals surface area (Å²) in [5, 5.41) is 30.4. The van der Waals surface area contributed by atoms with E-state index in [1.165, 1.54) is 6.07 Å². The average Bonchev–Trinajstić information content (AvgIpc) is 3.11. The Morgan fingerprint density at radius 3 is 2.52 bits per heavy atom. The fourth-order valence-electron chi connectivity index (χ4n) is 3.91. The third kappa shape index (κ3) is 1.68. The predicted molar refractivity (Wildman–Crippen MR) is 82.5 cm³/mol. The van der Waals surface area contributed by atoms with Gasteiger partial charge in [0.05, 0.1) is 23.7 Å². The molecule has 0 bridgehead atoms. The molecule has 0 aromatic heterocycles. The molecule has 126 valence electrons. The summed E-state index contributed by atoms with van der Waals surface area (Å²) in [6.07, 6.45) is 0.108. The number of benzene rings is 2. The van der Waals surface area contributed by atoms with Crippen molar-refractivity contribution in [3.63, 3.8) is 0 Å². The molecule has 5 rings (SSSR count). The number of ketones is 2. The minimum atomic E-state index is -0.662. The Kier molecular flexibility index (Phi) is 2.58. The van der Waals surface area contributed by atoms with Gasteiger partial charge in [0.25, 0.3) is 0 Å². The van der Waals surface area contributed by atoms with Crippen LogP contribution in [0.3, 0.4) is 0 Å². The van der Waals surface area contributed by atoms with Gasteiger partial charge in [-0.1, -0.05) is 0 Å². The number of carbonyl (C=O) groups excluding carboxylic acids is 2. The first-order chi connectivity index (χ1) is 12.0. The Bertz CT molecular complexity index is 992. The molecule has 2 aromatic carbocycles. The summed E-state index contributed by atoms with van der Waals surface area (Å²) in [6, 6.07) is 3.54. The van der Waals surface area contributed by atoms with Gasteiger partial charge in [-0.2, -0.15) is 0 Å². The molecule has 2 atom stereocenters. The largest absolute Gasteiger partial charge is 0.508 e. The van der Waals surface area contributed by atoms with Crippen LogP contribution in [0.25, 0.3) is 0 Å². The first-order valence-electron chi connectivity index (χ1n) is 7.81. The molecule has 0 saturated carbocycles. The van der Waals surface area contributed by atoms with E-state index < -0.39 is 23.6 Å². The van der Waals surface area contributed by atoms with Gasteiger partial charge >= 0.3 is 0 Å². The second kappa shape index (κ2) is 4.52. The zero-order valence-electron chi connectivity index (χ0n) is 12.8. The molecule has 0 spiro atoms. The SMILES string of the molecule is O=C1c2cc(O)cc(O)c2C(=O)c2c1cc1c(c2O)[C@@H]2CCO[C@@H]2O1. The maximum absolute atomic E-state index is 12.9. The molecule has 7 heteroatoms. The highest BCUT2D eigenvalue weighted by atomic mass is 16.7. The number of hydrogen-bond donors (Lipinski definition) is 3. The highest BCUT2D eigenvalue weighted by Crippen LogP contribution is 2.52. The fourth-order valence-corrected chi connectivity index (χ4v) is 3.91. The van der Waals surface area contributed by atoms with E-state index in [1.54, 1.807) is 0 Å². The molecule has 2 heterocycles. The first kappa shape index (κ1) is 14.3. The van der Waals surface area contributed by atoms with E-state index in [9.17, 15) is 24.9 Å². The van der Waals surface area contributed by atoms with Crippen molar-refractivity contribution in [1.29, 1.82) is 0 Å². The number of fused-ring (bicyclic) bond motifs is 5. The number of rotatable bonds is 0. The molecule has 2 aliphatic heterocycles. The topological polar surface area (TPSA) is 113 Å². The van der Waals surface area contributed by atoms with Crippen molar-refractivity contribution >= 4 is 11.6 Å². The van der Waals surface area contributed by atoms with Crippen LogP contribution in [0.15, 0.2) is 18.2 Å². The number of hydrogen-bond acceptors (Lipinski definition) is 7. The highest BCUT2D eigenvalue weighted by Gasteiger charge is 2.45. The summed E-state index contributed by atoms with van der Waals surface area (Å²) in [5.41, 5.74) is -0.0243. The third-order valence-corrected chi connectivity index (χ3v) is 5.00. The molecule has 1 aliphatic carbocycles. The van der Waals surface area contributed by atoms with Crippen LogP contribution in [0.5, 0.6) is 23.0 Å². The molecular weight excluding hydrogens is 328 g/mol. The van der Waals surface area contributed by atoms with Gasteiger partial charge in [0.15, 0.2) is 5.78 Å². The van der Waals surface area contributed by atoms with E-state index in [2.05, 4.69) is 0 Å². The van der Waals surface area contributed by atoms with E-state index in [4.69, 9.17) is 9.47 Å². The van der Waals surface area contributed by atoms with Crippen LogP contribution >= 0.6 is 0 Å². The Morgan fingerprint density at radius 2 is 1.72 bits per heavy atom. The Hall–Kier alpha value is -3.06. The van der Waals surface area contributed by atoms with Crippen molar-refractivity contribution in [3.05, 3.63) is 46.0 Å². The molecule has 1 saturated heterocycles. The molecule has 2 aromatic rings. The summed E-state index contributed by atoms with van der Waals surface area (Å²) in [7, 11) is 0. The molecule has 1 fully saturated rings. The van der Waals surface area contributed by atoms with Gasteiger partial charge in [0, 0.05) is 22.8 Å². The lowest BCUT2D eigenvalue weighted by molar-refractivity contribution is -0.0337. The van der Waals surface area contributed by atoms with Gasteiger partial charge in [-0.05, 0) is 18.6 Å². The quantitative estimate of drug-likeness (QED) is 0.572. The van der Waals surface area contributed by atoms with E-state index >= 15 is 0 Å². The number of phenols is 3. The minimum Gasteiger partial charge on any atom is -0.508 e. The van der Waals surface area contributed by atoms with Crippen LogP contribution in [0.4, 0.5) is 0 Å². The monoisotopic (exact) mass is 340 g/mol. The van der Waals surface area contributed by atoms with Crippen molar-refractivity contribution in [3.8, 4) is 23.0 Å². The molecule has 3 N–H and O–H groups in total. The van der Waals surface area contributed by atoms with Crippen LogP contribution < -0.4 is 4.74 Å². The number of phenolic OH excluding ortho intramolecular Hbond substituents is 3. The van der Waals surface area contributed by atoms with E-state index in [0.29, 0.717) is 24.3 Å². The van der Waals surface area contributed by atoms with Crippen LogP contribution in [0.2, 0.25) is 0 Å². The highest BCUT2D eigenvalue weighted by molar-refractivity contribution is 6.30. The van der Waals surface area contributed by atoms with Crippen molar-refractivity contribution in [2.45, 2.75) is 18.6 Å². The van der Waals surface area contributed by atoms with Gasteiger partial charge in [0.2, 0.25) is 12.1 Å². The van der Waals surface area contributed by atoms with Gasteiger partial charge in [-0.3, -0.25) is 9.59 Å². The fraction of sp³-hybridized carbons (Fsp3) is 0.222. The normalized spacial score (nSPS) is 22.9. The summed E-state index contributed by atoms with van der Waals surface area (Å²) in [5.74, 6) is -2.25. The van der Waals surface area contributed by atoms with Crippen LogP contribution in [0.1, 0.15) is 49.7 Å². The van der Waals surface area contributed by atoms with E-state index in [-0.39, 0.29) is 39.7 Å². The third-order valence-electron chi connectivity index (χ3n) is 5.00. The van der Waals surface area contributed by atoms with Gasteiger partial charge in [0.1, 0.15) is 23.0 Å². The number of ether oxygens (including phenoxy) is 2. The lowest BCUT2D eigenvalue weighted by Crippen LogP contribution is -2.21. The van der Waals surface area contributed by atoms with E-state index in [1.807, 2.05) is 0 Å². The molecule has 0 unspecified atom stereocenters. The van der Waals surface area contributed by atoms with Crippen LogP contribution in [-0.4, -0.2) is 39.8 Å². The Morgan fingerprint density at radius 1 is 0.960 bits per heavy atom. The summed E-state index contributed by atoms with van der Waals surface area (Å²) in [4.78, 5) is 25.7. The van der Waals surface area contributed by atoms with Gasteiger partial charge in [-0.15, -0.1) is 0 Å². The standard InChI is InChI=1S/C18H12O7/c19-6-3-8-12(10(20)4-6)16(22)14-9(15(8)21)5-11-13(17(14)23)7-1-2-24-18(7)25-11/h3-5,7,18-20,23H,1-2H2/t7-,18+/m0/s1. The summed E-state index contributed by atoms with van der Waals surface area (Å²) < 4.78 is 11.1. The van der Waals surface area contributed by atoms with Crippen molar-refractivity contribution in [2.24, 2.45) is 0 Å². The van der Waals surface area contributed by atoms with Crippen molar-refractivity contribution < 1.29 is 34.4 Å². The van der Waals surface area contributed by atoms with Crippen LogP contribution in [0, 0.1) is 0 Å². The van der Waals surface area contributed by atoms with Crippen molar-refractivity contribution in [2.75, 3.05) is 6.61 Å². The predicted octanol–water partition coefficient (Wildman–Crippen LogP) is 1.80. The average molecular weight is 340 g/mol.